The molecule has 0 aromatic rings. The zero-order valence-electron chi connectivity index (χ0n) is 11.2. The van der Waals surface area contributed by atoms with E-state index in [-0.39, 0.29) is 5.91 Å². The maximum atomic E-state index is 12.5. The number of rotatable bonds is 5. The lowest BCUT2D eigenvalue weighted by molar-refractivity contribution is -0.129. The van der Waals surface area contributed by atoms with Crippen LogP contribution in [-0.4, -0.2) is 16.9 Å². The fourth-order valence-electron chi connectivity index (χ4n) is 3.16. The van der Waals surface area contributed by atoms with E-state index >= 15 is 0 Å². The highest BCUT2D eigenvalue weighted by Gasteiger charge is 2.46. The van der Waals surface area contributed by atoms with Crippen LogP contribution in [0.4, 0.5) is 0 Å². The summed E-state index contributed by atoms with van der Waals surface area (Å²) in [5.41, 5.74) is 5.31. The number of nitrogens with two attached hydrogens (primary N) is 1. The molecule has 0 radical (unpaired) electrons. The van der Waals surface area contributed by atoms with Gasteiger partial charge in [0.25, 0.3) is 0 Å². The number of thiocarbonyl (C=S) groups is 1. The van der Waals surface area contributed by atoms with Crippen molar-refractivity contribution in [3.05, 3.63) is 0 Å². The van der Waals surface area contributed by atoms with Crippen molar-refractivity contribution >= 4 is 23.1 Å². The van der Waals surface area contributed by atoms with E-state index in [0.29, 0.717) is 16.9 Å². The molecule has 2 aliphatic rings. The summed E-state index contributed by atoms with van der Waals surface area (Å²) < 4.78 is 0. The molecule has 0 heterocycles. The van der Waals surface area contributed by atoms with Gasteiger partial charge in [-0.3, -0.25) is 4.79 Å². The molecule has 0 aromatic carbocycles. The maximum Gasteiger partial charge on any atom is 0.233 e. The summed E-state index contributed by atoms with van der Waals surface area (Å²) in [6.07, 6.45) is 8.52. The summed E-state index contributed by atoms with van der Waals surface area (Å²) in [6.45, 7) is 2.19. The smallest absolute Gasteiger partial charge is 0.233 e. The van der Waals surface area contributed by atoms with Gasteiger partial charge in [-0.25, -0.2) is 0 Å². The van der Waals surface area contributed by atoms with E-state index in [0.717, 1.165) is 32.1 Å². The molecule has 2 atom stereocenters. The summed E-state index contributed by atoms with van der Waals surface area (Å²) in [5, 5.41) is 3.17. The number of carbonyl (C=O) groups excluding carboxylic acids is 1. The average Bonchev–Trinajstić information content (AvgIpc) is 3.08. The van der Waals surface area contributed by atoms with E-state index in [1.165, 1.54) is 19.3 Å². The molecule has 1 amide bonds. The number of nitrogens with one attached hydrogen (secondary N) is 1. The molecule has 102 valence electrons. The predicted molar refractivity (Wildman–Crippen MR) is 77.2 cm³/mol. The molecule has 18 heavy (non-hydrogen) atoms. The van der Waals surface area contributed by atoms with Gasteiger partial charge in [0.2, 0.25) is 5.91 Å². The lowest BCUT2D eigenvalue weighted by Gasteiger charge is -2.34. The van der Waals surface area contributed by atoms with Gasteiger partial charge in [-0.2, -0.15) is 0 Å². The minimum Gasteiger partial charge on any atom is -0.392 e. The normalized spacial score (nSPS) is 29.6. The molecule has 2 fully saturated rings. The molecule has 0 bridgehead atoms. The van der Waals surface area contributed by atoms with E-state index in [4.69, 9.17) is 18.0 Å². The van der Waals surface area contributed by atoms with Gasteiger partial charge >= 0.3 is 0 Å². The first-order valence-electron chi connectivity index (χ1n) is 7.21. The van der Waals surface area contributed by atoms with Gasteiger partial charge in [-0.05, 0) is 31.6 Å². The molecule has 3 N–H and O–H groups in total. The van der Waals surface area contributed by atoms with E-state index in [2.05, 4.69) is 12.2 Å². The van der Waals surface area contributed by atoms with Crippen molar-refractivity contribution in [2.75, 3.05) is 0 Å². The molecule has 2 saturated carbocycles. The van der Waals surface area contributed by atoms with Crippen molar-refractivity contribution in [3.63, 3.8) is 0 Å². The van der Waals surface area contributed by atoms with Gasteiger partial charge < -0.3 is 11.1 Å². The monoisotopic (exact) mass is 268 g/mol. The Kier molecular flexibility index (Phi) is 4.25. The Bertz CT molecular complexity index is 337. The average molecular weight is 268 g/mol. The van der Waals surface area contributed by atoms with Crippen LogP contribution in [0.15, 0.2) is 0 Å². The van der Waals surface area contributed by atoms with E-state index in [9.17, 15) is 4.79 Å². The number of hydrogen-bond acceptors (Lipinski definition) is 2. The van der Waals surface area contributed by atoms with Gasteiger partial charge in [-0.1, -0.05) is 44.8 Å². The fraction of sp³-hybridized carbons (Fsp3) is 0.857. The SMILES string of the molecule is CCCC1CC1NC(=O)C1(C(N)=S)CCCCC1. The lowest BCUT2D eigenvalue weighted by Crippen LogP contribution is -2.50. The Morgan fingerprint density at radius 3 is 2.61 bits per heavy atom. The van der Waals surface area contributed by atoms with Gasteiger partial charge in [0.05, 0.1) is 10.4 Å². The lowest BCUT2D eigenvalue weighted by atomic mass is 9.73. The molecule has 0 saturated heterocycles. The highest BCUT2D eigenvalue weighted by Crippen LogP contribution is 2.40. The van der Waals surface area contributed by atoms with Crippen molar-refractivity contribution in [2.45, 2.75) is 64.3 Å². The molecule has 0 aliphatic heterocycles. The summed E-state index contributed by atoms with van der Waals surface area (Å²) in [4.78, 5) is 12.9. The first-order chi connectivity index (χ1) is 8.60. The number of amides is 1. The molecule has 2 aliphatic carbocycles. The Morgan fingerprint density at radius 1 is 1.39 bits per heavy atom. The van der Waals surface area contributed by atoms with Crippen LogP contribution in [0.3, 0.4) is 0 Å². The minimum absolute atomic E-state index is 0.0957. The second-order valence-corrected chi connectivity index (χ2v) is 6.31. The molecular weight excluding hydrogens is 244 g/mol. The second-order valence-electron chi connectivity index (χ2n) is 5.87. The zero-order valence-corrected chi connectivity index (χ0v) is 12.0. The quantitative estimate of drug-likeness (QED) is 0.753. The molecule has 4 heteroatoms. The third kappa shape index (κ3) is 2.68. The third-order valence-corrected chi connectivity index (χ3v) is 4.90. The van der Waals surface area contributed by atoms with Crippen LogP contribution in [-0.2, 0) is 4.79 Å². The maximum absolute atomic E-state index is 12.5. The van der Waals surface area contributed by atoms with Crippen molar-refractivity contribution in [1.29, 1.82) is 0 Å². The minimum atomic E-state index is -0.549. The Morgan fingerprint density at radius 2 is 2.06 bits per heavy atom. The van der Waals surface area contributed by atoms with E-state index in [1.807, 2.05) is 0 Å². The number of carbonyl (C=O) groups is 1. The summed E-state index contributed by atoms with van der Waals surface area (Å²) in [7, 11) is 0. The summed E-state index contributed by atoms with van der Waals surface area (Å²) in [5.74, 6) is 0.782. The molecule has 0 spiro atoms. The third-order valence-electron chi connectivity index (χ3n) is 4.51. The first-order valence-corrected chi connectivity index (χ1v) is 7.62. The largest absolute Gasteiger partial charge is 0.392 e. The fourth-order valence-corrected chi connectivity index (χ4v) is 3.46. The molecule has 2 unspecified atom stereocenters. The molecular formula is C14H24N2OS. The topological polar surface area (TPSA) is 55.1 Å². The van der Waals surface area contributed by atoms with Crippen LogP contribution in [0.2, 0.25) is 0 Å². The number of hydrogen-bond donors (Lipinski definition) is 2. The van der Waals surface area contributed by atoms with Crippen molar-refractivity contribution < 1.29 is 4.79 Å². The van der Waals surface area contributed by atoms with Crippen molar-refractivity contribution in [2.24, 2.45) is 17.1 Å². The van der Waals surface area contributed by atoms with Crippen molar-refractivity contribution in [1.82, 2.24) is 5.32 Å². The first kappa shape index (κ1) is 13.8. The van der Waals surface area contributed by atoms with Crippen molar-refractivity contribution in [3.8, 4) is 0 Å². The Hall–Kier alpha value is -0.640. The van der Waals surface area contributed by atoms with E-state index in [1.54, 1.807) is 0 Å². The van der Waals surface area contributed by atoms with Gasteiger partial charge in [-0.15, -0.1) is 0 Å². The van der Waals surface area contributed by atoms with Crippen LogP contribution < -0.4 is 11.1 Å². The zero-order chi connectivity index (χ0) is 13.2. The standard InChI is InChI=1S/C14H24N2OS/c1-2-6-10-9-11(10)16-13(17)14(12(15)18)7-4-3-5-8-14/h10-11H,2-9H2,1H3,(H2,15,18)(H,16,17). The Balaban J connectivity index is 1.95. The predicted octanol–water partition coefficient (Wildman–Crippen LogP) is 2.53. The molecule has 3 nitrogen and oxygen atoms in total. The second kappa shape index (κ2) is 5.55. The van der Waals surface area contributed by atoms with E-state index < -0.39 is 5.41 Å². The Labute approximate surface area is 115 Å². The van der Waals surface area contributed by atoms with Crippen LogP contribution in [0.1, 0.15) is 58.3 Å². The highest BCUT2D eigenvalue weighted by atomic mass is 32.1. The van der Waals surface area contributed by atoms with Gasteiger partial charge in [0.15, 0.2) is 0 Å². The van der Waals surface area contributed by atoms with Crippen LogP contribution in [0, 0.1) is 11.3 Å². The van der Waals surface area contributed by atoms with Crippen LogP contribution >= 0.6 is 12.2 Å². The summed E-state index contributed by atoms with van der Waals surface area (Å²) in [6, 6.07) is 0.380. The van der Waals surface area contributed by atoms with Crippen LogP contribution in [0.5, 0.6) is 0 Å². The van der Waals surface area contributed by atoms with Gasteiger partial charge in [0.1, 0.15) is 0 Å². The highest BCUT2D eigenvalue weighted by molar-refractivity contribution is 7.80. The summed E-state index contributed by atoms with van der Waals surface area (Å²) >= 11 is 5.17. The van der Waals surface area contributed by atoms with Crippen LogP contribution in [0.25, 0.3) is 0 Å². The molecule has 2 rings (SSSR count). The molecule has 0 aromatic heterocycles. The van der Waals surface area contributed by atoms with Gasteiger partial charge in [0, 0.05) is 6.04 Å².